The molecule has 1 aromatic carbocycles. The summed E-state index contributed by atoms with van der Waals surface area (Å²) in [5.41, 5.74) is 0.923. The number of hydrogen-bond donors (Lipinski definition) is 1. The minimum absolute atomic E-state index is 0.459. The maximum absolute atomic E-state index is 5.52. The molecule has 1 N–H and O–H groups in total. The third-order valence-corrected chi connectivity index (χ3v) is 3.90. The predicted molar refractivity (Wildman–Crippen MR) is 97.8 cm³/mol. The highest BCUT2D eigenvalue weighted by Gasteiger charge is 2.17. The van der Waals surface area contributed by atoms with Crippen LogP contribution in [0.3, 0.4) is 0 Å². The molecule has 0 amide bonds. The first-order valence-corrected chi connectivity index (χ1v) is 8.24. The van der Waals surface area contributed by atoms with Crippen LogP contribution in [0.15, 0.2) is 29.8 Å². The number of nitrogens with zero attached hydrogens (tertiary/aromatic N) is 2. The van der Waals surface area contributed by atoms with Gasteiger partial charge in [0.15, 0.2) is 17.5 Å². The van der Waals surface area contributed by atoms with Crippen LogP contribution >= 0.6 is 0 Å². The monoisotopic (exact) mass is 349 g/mol. The lowest BCUT2D eigenvalue weighted by Gasteiger charge is -2.30. The molecular formula is C18H27N3O4. The molecule has 138 valence electrons. The van der Waals surface area contributed by atoms with Crippen molar-refractivity contribution in [3.05, 3.63) is 30.4 Å². The molecule has 0 atom stereocenters. The molecule has 0 spiro atoms. The summed E-state index contributed by atoms with van der Waals surface area (Å²) in [7, 11) is 4.81. The van der Waals surface area contributed by atoms with E-state index in [1.54, 1.807) is 21.3 Å². The van der Waals surface area contributed by atoms with Gasteiger partial charge in [0.25, 0.3) is 0 Å². The van der Waals surface area contributed by atoms with Crippen molar-refractivity contribution >= 4 is 5.96 Å². The fraction of sp³-hybridized carbons (Fsp3) is 0.500. The summed E-state index contributed by atoms with van der Waals surface area (Å²) in [5.74, 6) is 2.67. The zero-order valence-corrected chi connectivity index (χ0v) is 15.2. The Bertz CT molecular complexity index is 598. The standard InChI is InChI=1S/C18H27N3O4/c1-5-8-19-18(21-9-11-25-12-10-21)20-13-14-6-7-15(22-2)17(24-4)16(14)23-3/h5-7H,1,8-13H2,2-4H3,(H,19,20). The molecule has 1 saturated heterocycles. The minimum Gasteiger partial charge on any atom is -0.493 e. The maximum Gasteiger partial charge on any atom is 0.203 e. The van der Waals surface area contributed by atoms with E-state index >= 15 is 0 Å². The van der Waals surface area contributed by atoms with Crippen LogP contribution in [-0.4, -0.2) is 65.0 Å². The third kappa shape index (κ3) is 4.79. The quantitative estimate of drug-likeness (QED) is 0.459. The molecule has 1 heterocycles. The van der Waals surface area contributed by atoms with Gasteiger partial charge in [0.1, 0.15) is 0 Å². The fourth-order valence-corrected chi connectivity index (χ4v) is 2.65. The topological polar surface area (TPSA) is 64.6 Å². The highest BCUT2D eigenvalue weighted by Crippen LogP contribution is 2.39. The summed E-state index contributed by atoms with van der Waals surface area (Å²) < 4.78 is 21.7. The molecule has 0 unspecified atom stereocenters. The number of rotatable bonds is 7. The average molecular weight is 349 g/mol. The van der Waals surface area contributed by atoms with Crippen LogP contribution in [0, 0.1) is 0 Å². The Hall–Kier alpha value is -2.41. The SMILES string of the molecule is C=CCNC(=NCc1ccc(OC)c(OC)c1OC)N1CCOCC1. The lowest BCUT2D eigenvalue weighted by molar-refractivity contribution is 0.0665. The Morgan fingerprint density at radius 1 is 1.20 bits per heavy atom. The van der Waals surface area contributed by atoms with E-state index in [0.29, 0.717) is 43.6 Å². The summed E-state index contributed by atoms with van der Waals surface area (Å²) >= 11 is 0. The highest BCUT2D eigenvalue weighted by atomic mass is 16.5. The van der Waals surface area contributed by atoms with Crippen LogP contribution < -0.4 is 19.5 Å². The number of benzene rings is 1. The Labute approximate surface area is 149 Å². The van der Waals surface area contributed by atoms with Crippen LogP contribution in [0.5, 0.6) is 17.2 Å². The van der Waals surface area contributed by atoms with Crippen LogP contribution in [0.2, 0.25) is 0 Å². The van der Waals surface area contributed by atoms with Gasteiger partial charge in [0, 0.05) is 25.2 Å². The van der Waals surface area contributed by atoms with E-state index in [1.807, 2.05) is 18.2 Å². The first kappa shape index (κ1) is 18.9. The van der Waals surface area contributed by atoms with Gasteiger partial charge in [-0.05, 0) is 12.1 Å². The van der Waals surface area contributed by atoms with E-state index in [1.165, 1.54) is 0 Å². The van der Waals surface area contributed by atoms with Gasteiger partial charge < -0.3 is 29.2 Å². The maximum atomic E-state index is 5.52. The van der Waals surface area contributed by atoms with Crippen molar-refractivity contribution in [1.82, 2.24) is 10.2 Å². The molecule has 7 nitrogen and oxygen atoms in total. The molecule has 0 aliphatic carbocycles. The molecule has 1 aromatic rings. The molecule has 25 heavy (non-hydrogen) atoms. The van der Waals surface area contributed by atoms with E-state index in [4.69, 9.17) is 23.9 Å². The second-order valence-electron chi connectivity index (χ2n) is 5.40. The minimum atomic E-state index is 0.459. The summed E-state index contributed by atoms with van der Waals surface area (Å²) in [6.45, 7) is 7.89. The van der Waals surface area contributed by atoms with Gasteiger partial charge in [-0.1, -0.05) is 6.08 Å². The number of aliphatic imine (C=N–C) groups is 1. The third-order valence-electron chi connectivity index (χ3n) is 3.90. The van der Waals surface area contributed by atoms with Crippen molar-refractivity contribution in [2.45, 2.75) is 6.54 Å². The predicted octanol–water partition coefficient (Wildman–Crippen LogP) is 1.68. The molecule has 1 aliphatic rings. The number of methoxy groups -OCH3 is 3. The second-order valence-corrected chi connectivity index (χ2v) is 5.40. The van der Waals surface area contributed by atoms with Crippen LogP contribution in [0.4, 0.5) is 0 Å². The van der Waals surface area contributed by atoms with Gasteiger partial charge in [-0.2, -0.15) is 0 Å². The largest absolute Gasteiger partial charge is 0.493 e. The van der Waals surface area contributed by atoms with Gasteiger partial charge in [-0.3, -0.25) is 0 Å². The fourth-order valence-electron chi connectivity index (χ4n) is 2.65. The van der Waals surface area contributed by atoms with Gasteiger partial charge in [-0.15, -0.1) is 6.58 Å². The van der Waals surface area contributed by atoms with E-state index in [9.17, 15) is 0 Å². The Morgan fingerprint density at radius 2 is 1.92 bits per heavy atom. The lowest BCUT2D eigenvalue weighted by Crippen LogP contribution is -2.47. The number of ether oxygens (including phenoxy) is 4. The molecule has 0 saturated carbocycles. The number of nitrogens with one attached hydrogen (secondary N) is 1. The van der Waals surface area contributed by atoms with Crippen molar-refractivity contribution < 1.29 is 18.9 Å². The summed E-state index contributed by atoms with van der Waals surface area (Å²) in [6, 6.07) is 3.80. The molecular weight excluding hydrogens is 322 g/mol. The molecule has 7 heteroatoms. The van der Waals surface area contributed by atoms with Gasteiger partial charge in [-0.25, -0.2) is 4.99 Å². The van der Waals surface area contributed by atoms with Gasteiger partial charge in [0.05, 0.1) is 41.1 Å². The van der Waals surface area contributed by atoms with Gasteiger partial charge >= 0.3 is 0 Å². The highest BCUT2D eigenvalue weighted by molar-refractivity contribution is 5.80. The Kier molecular flexibility index (Phi) is 7.40. The summed E-state index contributed by atoms with van der Waals surface area (Å²) in [4.78, 5) is 6.93. The van der Waals surface area contributed by atoms with Gasteiger partial charge in [0.2, 0.25) is 5.75 Å². The second kappa shape index (κ2) is 9.78. The molecule has 1 fully saturated rings. The number of guanidine groups is 1. The molecule has 0 bridgehead atoms. The number of hydrogen-bond acceptors (Lipinski definition) is 5. The number of morpholine rings is 1. The molecule has 2 rings (SSSR count). The van der Waals surface area contributed by atoms with E-state index in [-0.39, 0.29) is 0 Å². The van der Waals surface area contributed by atoms with Crippen molar-refractivity contribution in [2.24, 2.45) is 4.99 Å². The first-order chi connectivity index (χ1) is 12.2. The van der Waals surface area contributed by atoms with Crippen LogP contribution in [-0.2, 0) is 11.3 Å². The van der Waals surface area contributed by atoms with Crippen molar-refractivity contribution in [2.75, 3.05) is 54.2 Å². The lowest BCUT2D eigenvalue weighted by atomic mass is 10.1. The Morgan fingerprint density at radius 3 is 2.52 bits per heavy atom. The summed E-state index contributed by atoms with van der Waals surface area (Å²) in [6.07, 6.45) is 1.81. The zero-order valence-electron chi connectivity index (χ0n) is 15.2. The molecule has 1 aliphatic heterocycles. The Balaban J connectivity index is 2.24. The zero-order chi connectivity index (χ0) is 18.1. The van der Waals surface area contributed by atoms with Crippen molar-refractivity contribution in [3.63, 3.8) is 0 Å². The normalized spacial score (nSPS) is 14.8. The smallest absolute Gasteiger partial charge is 0.203 e. The van der Waals surface area contributed by atoms with Crippen LogP contribution in [0.1, 0.15) is 5.56 Å². The van der Waals surface area contributed by atoms with Crippen LogP contribution in [0.25, 0.3) is 0 Å². The summed E-state index contributed by atoms with van der Waals surface area (Å²) in [5, 5.41) is 3.30. The van der Waals surface area contributed by atoms with E-state index in [0.717, 1.165) is 24.6 Å². The average Bonchev–Trinajstić information content (AvgIpc) is 2.67. The van der Waals surface area contributed by atoms with E-state index in [2.05, 4.69) is 16.8 Å². The van der Waals surface area contributed by atoms with Crippen molar-refractivity contribution in [1.29, 1.82) is 0 Å². The van der Waals surface area contributed by atoms with E-state index < -0.39 is 0 Å². The molecule has 0 aromatic heterocycles. The molecule has 0 radical (unpaired) electrons. The van der Waals surface area contributed by atoms with Crippen molar-refractivity contribution in [3.8, 4) is 17.2 Å². The first-order valence-electron chi connectivity index (χ1n) is 8.24.